The maximum Gasteiger partial charge on any atom is 0.317 e. The molecular weight excluding hydrogens is 258 g/mol. The van der Waals surface area contributed by atoms with E-state index in [1.54, 1.807) is 6.07 Å². The third kappa shape index (κ3) is 2.72. The van der Waals surface area contributed by atoms with Gasteiger partial charge >= 0.3 is 6.03 Å². The van der Waals surface area contributed by atoms with Crippen molar-refractivity contribution in [3.8, 4) is 0 Å². The van der Waals surface area contributed by atoms with Gasteiger partial charge in [-0.15, -0.1) is 0 Å². The Morgan fingerprint density at radius 2 is 2.00 bits per heavy atom. The van der Waals surface area contributed by atoms with Crippen LogP contribution in [0.2, 0.25) is 0 Å². The van der Waals surface area contributed by atoms with E-state index in [1.165, 1.54) is 0 Å². The van der Waals surface area contributed by atoms with E-state index < -0.39 is 11.9 Å². The topological polar surface area (TPSA) is 117 Å². The number of benzene rings is 1. The second-order valence-electron chi connectivity index (χ2n) is 4.85. The zero-order chi connectivity index (χ0) is 14.9. The van der Waals surface area contributed by atoms with Crippen LogP contribution in [0.5, 0.6) is 0 Å². The molecule has 0 unspecified atom stereocenters. The standard InChI is InChI=1S/C13H17N5O2/c1-18(2)6-7-3-4-8-9(5-7)16-12(17-13(15)20)10(8)11(14)19/h3-5,16H,6H2,1-2H3,(H2,14,19)(H3,15,17,20). The van der Waals surface area contributed by atoms with Gasteiger partial charge in [-0.3, -0.25) is 10.1 Å². The Bertz CT molecular complexity index is 675. The Morgan fingerprint density at radius 3 is 2.55 bits per heavy atom. The van der Waals surface area contributed by atoms with Gasteiger partial charge in [-0.25, -0.2) is 4.79 Å². The Balaban J connectivity index is 2.54. The first kappa shape index (κ1) is 13.9. The van der Waals surface area contributed by atoms with Crippen LogP contribution in [0.15, 0.2) is 18.2 Å². The molecule has 0 saturated heterocycles. The van der Waals surface area contributed by atoms with E-state index in [4.69, 9.17) is 11.5 Å². The molecule has 1 aromatic heterocycles. The third-order valence-corrected chi connectivity index (χ3v) is 2.86. The number of primary amides is 2. The van der Waals surface area contributed by atoms with Gasteiger partial charge in [-0.2, -0.15) is 0 Å². The monoisotopic (exact) mass is 275 g/mol. The number of anilines is 1. The van der Waals surface area contributed by atoms with Crippen molar-refractivity contribution in [3.05, 3.63) is 29.3 Å². The van der Waals surface area contributed by atoms with Crippen molar-refractivity contribution in [2.24, 2.45) is 11.5 Å². The number of nitrogens with one attached hydrogen (secondary N) is 2. The van der Waals surface area contributed by atoms with Gasteiger partial charge in [0.1, 0.15) is 5.82 Å². The van der Waals surface area contributed by atoms with Crippen molar-refractivity contribution in [2.75, 3.05) is 19.4 Å². The number of hydrogen-bond donors (Lipinski definition) is 4. The maximum atomic E-state index is 11.5. The van der Waals surface area contributed by atoms with Gasteiger partial charge in [0.15, 0.2) is 0 Å². The summed E-state index contributed by atoms with van der Waals surface area (Å²) in [7, 11) is 3.93. The van der Waals surface area contributed by atoms with Crippen LogP contribution in [0.1, 0.15) is 15.9 Å². The number of amides is 3. The number of rotatable bonds is 4. The van der Waals surface area contributed by atoms with Crippen molar-refractivity contribution in [2.45, 2.75) is 6.54 Å². The van der Waals surface area contributed by atoms with E-state index >= 15 is 0 Å². The lowest BCUT2D eigenvalue weighted by molar-refractivity contribution is 0.100. The Hall–Kier alpha value is -2.54. The predicted molar refractivity (Wildman–Crippen MR) is 77.4 cm³/mol. The SMILES string of the molecule is CN(C)Cc1ccc2c(C(N)=O)c(NC(N)=O)[nH]c2c1. The Kier molecular flexibility index (Phi) is 3.62. The summed E-state index contributed by atoms with van der Waals surface area (Å²) in [5, 5.41) is 3.03. The van der Waals surface area contributed by atoms with Crippen molar-refractivity contribution >= 4 is 28.7 Å². The molecule has 1 heterocycles. The van der Waals surface area contributed by atoms with Crippen molar-refractivity contribution in [3.63, 3.8) is 0 Å². The number of carbonyl (C=O) groups is 2. The number of urea groups is 1. The van der Waals surface area contributed by atoms with Crippen molar-refractivity contribution in [1.82, 2.24) is 9.88 Å². The van der Waals surface area contributed by atoms with Gasteiger partial charge in [-0.05, 0) is 25.7 Å². The lowest BCUT2D eigenvalue weighted by Gasteiger charge is -2.09. The molecule has 0 aliphatic rings. The Labute approximate surface area is 115 Å². The number of aromatic amines is 1. The minimum atomic E-state index is -0.757. The number of carbonyl (C=O) groups excluding carboxylic acids is 2. The highest BCUT2D eigenvalue weighted by molar-refractivity contribution is 6.12. The lowest BCUT2D eigenvalue weighted by atomic mass is 10.1. The zero-order valence-corrected chi connectivity index (χ0v) is 11.4. The van der Waals surface area contributed by atoms with E-state index in [0.717, 1.165) is 17.6 Å². The highest BCUT2D eigenvalue weighted by Gasteiger charge is 2.17. The van der Waals surface area contributed by atoms with E-state index in [1.807, 2.05) is 31.1 Å². The fraction of sp³-hybridized carbons (Fsp3) is 0.231. The van der Waals surface area contributed by atoms with E-state index in [0.29, 0.717) is 5.39 Å². The molecule has 1 aromatic carbocycles. The van der Waals surface area contributed by atoms with Crippen LogP contribution in [-0.2, 0) is 6.54 Å². The van der Waals surface area contributed by atoms with Gasteiger partial charge in [0, 0.05) is 17.4 Å². The van der Waals surface area contributed by atoms with Crippen LogP contribution in [0.4, 0.5) is 10.6 Å². The lowest BCUT2D eigenvalue weighted by Crippen LogP contribution is -2.22. The normalized spacial score (nSPS) is 10.9. The van der Waals surface area contributed by atoms with Crippen LogP contribution in [0.3, 0.4) is 0 Å². The van der Waals surface area contributed by atoms with Gasteiger partial charge in [-0.1, -0.05) is 12.1 Å². The summed E-state index contributed by atoms with van der Waals surface area (Å²) in [4.78, 5) is 27.5. The number of nitrogens with two attached hydrogens (primary N) is 2. The molecule has 0 atom stereocenters. The molecule has 6 N–H and O–H groups in total. The second kappa shape index (κ2) is 5.22. The largest absolute Gasteiger partial charge is 0.365 e. The zero-order valence-electron chi connectivity index (χ0n) is 11.4. The summed E-state index contributed by atoms with van der Waals surface area (Å²) in [6.07, 6.45) is 0. The summed E-state index contributed by atoms with van der Waals surface area (Å²) >= 11 is 0. The Morgan fingerprint density at radius 1 is 1.30 bits per heavy atom. The third-order valence-electron chi connectivity index (χ3n) is 2.86. The molecule has 106 valence electrons. The van der Waals surface area contributed by atoms with Crippen LogP contribution < -0.4 is 16.8 Å². The average Bonchev–Trinajstić information content (AvgIpc) is 2.63. The number of hydrogen-bond acceptors (Lipinski definition) is 3. The fourth-order valence-corrected chi connectivity index (χ4v) is 2.18. The maximum absolute atomic E-state index is 11.5. The van der Waals surface area contributed by atoms with E-state index in [2.05, 4.69) is 10.3 Å². The quantitative estimate of drug-likeness (QED) is 0.661. The molecule has 2 aromatic rings. The predicted octanol–water partition coefficient (Wildman–Crippen LogP) is 0.819. The van der Waals surface area contributed by atoms with Crippen molar-refractivity contribution < 1.29 is 9.59 Å². The number of nitrogens with zero attached hydrogens (tertiary/aromatic N) is 1. The molecule has 0 aliphatic heterocycles. The summed E-state index contributed by atoms with van der Waals surface area (Å²) < 4.78 is 0. The van der Waals surface area contributed by atoms with Crippen LogP contribution in [-0.4, -0.2) is 35.9 Å². The number of aromatic nitrogens is 1. The van der Waals surface area contributed by atoms with Gasteiger partial charge in [0.2, 0.25) is 0 Å². The summed E-state index contributed by atoms with van der Waals surface area (Å²) in [5.74, 6) is -0.401. The van der Waals surface area contributed by atoms with Crippen LogP contribution in [0.25, 0.3) is 10.9 Å². The van der Waals surface area contributed by atoms with Gasteiger partial charge in [0.25, 0.3) is 5.91 Å². The van der Waals surface area contributed by atoms with Gasteiger partial charge in [0.05, 0.1) is 5.56 Å². The van der Waals surface area contributed by atoms with Gasteiger partial charge < -0.3 is 21.4 Å². The van der Waals surface area contributed by atoms with Crippen LogP contribution >= 0.6 is 0 Å². The molecule has 0 aliphatic carbocycles. The molecule has 0 saturated carbocycles. The van der Waals surface area contributed by atoms with E-state index in [9.17, 15) is 9.59 Å². The van der Waals surface area contributed by atoms with Crippen LogP contribution in [0, 0.1) is 0 Å². The highest BCUT2D eigenvalue weighted by atomic mass is 16.2. The minimum absolute atomic E-state index is 0.224. The molecular formula is C13H17N5O2. The molecule has 2 rings (SSSR count). The average molecular weight is 275 g/mol. The smallest absolute Gasteiger partial charge is 0.317 e. The van der Waals surface area contributed by atoms with E-state index in [-0.39, 0.29) is 11.4 Å². The molecule has 0 spiro atoms. The minimum Gasteiger partial charge on any atom is -0.365 e. The highest BCUT2D eigenvalue weighted by Crippen LogP contribution is 2.27. The molecule has 3 amide bonds. The fourth-order valence-electron chi connectivity index (χ4n) is 2.18. The molecule has 0 bridgehead atoms. The summed E-state index contributed by atoms with van der Waals surface area (Å²) in [6, 6.07) is 4.87. The second-order valence-corrected chi connectivity index (χ2v) is 4.85. The first-order chi connectivity index (χ1) is 9.38. The molecule has 7 heteroatoms. The first-order valence-electron chi connectivity index (χ1n) is 6.04. The molecule has 7 nitrogen and oxygen atoms in total. The first-order valence-corrected chi connectivity index (χ1v) is 6.04. The summed E-state index contributed by atoms with van der Waals surface area (Å²) in [5.41, 5.74) is 12.5. The van der Waals surface area contributed by atoms with Crippen molar-refractivity contribution in [1.29, 1.82) is 0 Å². The molecule has 0 fully saturated rings. The number of fused-ring (bicyclic) bond motifs is 1. The number of H-pyrrole nitrogens is 1. The molecule has 0 radical (unpaired) electrons. The summed E-state index contributed by atoms with van der Waals surface area (Å²) in [6.45, 7) is 0.763. The molecule has 20 heavy (non-hydrogen) atoms.